The zero-order valence-electron chi connectivity index (χ0n) is 9.04. The van der Waals surface area contributed by atoms with Crippen LogP contribution in [-0.4, -0.2) is 25.0 Å². The fourth-order valence-electron chi connectivity index (χ4n) is 2.99. The van der Waals surface area contributed by atoms with Gasteiger partial charge in [-0.3, -0.25) is 0 Å². The van der Waals surface area contributed by atoms with Crippen molar-refractivity contribution in [3.05, 3.63) is 34.6 Å². The van der Waals surface area contributed by atoms with Gasteiger partial charge in [-0.1, -0.05) is 17.7 Å². The Kier molecular flexibility index (Phi) is 2.94. The number of nitrogens with zero attached hydrogens (tertiary/aromatic N) is 1. The largest absolute Gasteiger partial charge is 0.305 e. The maximum absolute atomic E-state index is 13.1. The van der Waals surface area contributed by atoms with Gasteiger partial charge in [0.15, 0.2) is 0 Å². The fraction of sp³-hybridized carbons (Fsp3) is 0.500. The standard InChI is InChI=1S/C12H13ClFN.ClH/c1-15-6-9-5-12(9,7-15)8-2-3-11(14)10(13)4-8;/h2-4,9H,5-7H2,1H3;1H/t9-,12+;/m0./s1. The highest BCUT2D eigenvalue weighted by molar-refractivity contribution is 6.30. The van der Waals surface area contributed by atoms with Gasteiger partial charge in [-0.05, 0) is 37.1 Å². The van der Waals surface area contributed by atoms with Crippen LogP contribution < -0.4 is 0 Å². The number of likely N-dealkylation sites (tertiary alicyclic amines) is 1. The van der Waals surface area contributed by atoms with Crippen LogP contribution in [0.2, 0.25) is 5.02 Å². The van der Waals surface area contributed by atoms with Crippen molar-refractivity contribution in [3.8, 4) is 0 Å². The Hall–Kier alpha value is -0.310. The monoisotopic (exact) mass is 261 g/mol. The minimum Gasteiger partial charge on any atom is -0.305 e. The summed E-state index contributed by atoms with van der Waals surface area (Å²) in [5, 5.41) is 0.252. The lowest BCUT2D eigenvalue weighted by atomic mass is 9.95. The van der Waals surface area contributed by atoms with Gasteiger partial charge < -0.3 is 4.90 Å². The normalized spacial score (nSPS) is 32.1. The van der Waals surface area contributed by atoms with E-state index in [4.69, 9.17) is 11.6 Å². The average Bonchev–Trinajstić information content (AvgIpc) is 2.75. The van der Waals surface area contributed by atoms with Crippen LogP contribution >= 0.6 is 24.0 Å². The van der Waals surface area contributed by atoms with E-state index < -0.39 is 0 Å². The van der Waals surface area contributed by atoms with Gasteiger partial charge in [-0.25, -0.2) is 4.39 Å². The van der Waals surface area contributed by atoms with Crippen molar-refractivity contribution in [1.82, 2.24) is 4.90 Å². The molecule has 0 spiro atoms. The van der Waals surface area contributed by atoms with Gasteiger partial charge in [0.2, 0.25) is 0 Å². The van der Waals surface area contributed by atoms with E-state index in [0.717, 1.165) is 19.0 Å². The van der Waals surface area contributed by atoms with Gasteiger partial charge in [0.05, 0.1) is 5.02 Å². The summed E-state index contributed by atoms with van der Waals surface area (Å²) in [5.74, 6) is 0.435. The highest BCUT2D eigenvalue weighted by atomic mass is 35.5. The summed E-state index contributed by atoms with van der Waals surface area (Å²) < 4.78 is 13.1. The van der Waals surface area contributed by atoms with Crippen molar-refractivity contribution >= 4 is 24.0 Å². The summed E-state index contributed by atoms with van der Waals surface area (Å²) in [4.78, 5) is 2.34. The summed E-state index contributed by atoms with van der Waals surface area (Å²) in [6.45, 7) is 2.24. The van der Waals surface area contributed by atoms with Crippen LogP contribution in [0.25, 0.3) is 0 Å². The topological polar surface area (TPSA) is 3.24 Å². The molecule has 0 unspecified atom stereocenters. The number of hydrogen-bond donors (Lipinski definition) is 0. The molecule has 16 heavy (non-hydrogen) atoms. The molecule has 2 aliphatic rings. The lowest BCUT2D eigenvalue weighted by Gasteiger charge is -2.16. The van der Waals surface area contributed by atoms with Crippen molar-refractivity contribution in [2.75, 3.05) is 20.1 Å². The molecular weight excluding hydrogens is 248 g/mol. The third-order valence-corrected chi connectivity index (χ3v) is 4.10. The third-order valence-electron chi connectivity index (χ3n) is 3.81. The molecule has 2 fully saturated rings. The number of likely N-dealkylation sites (N-methyl/N-ethyl adjacent to an activating group) is 1. The van der Waals surface area contributed by atoms with Gasteiger partial charge in [-0.15, -0.1) is 12.4 Å². The molecule has 1 aliphatic carbocycles. The Bertz CT molecular complexity index is 423. The molecule has 1 saturated carbocycles. The van der Waals surface area contributed by atoms with Crippen LogP contribution in [0.1, 0.15) is 12.0 Å². The molecule has 1 aliphatic heterocycles. The van der Waals surface area contributed by atoms with Crippen LogP contribution in [0, 0.1) is 11.7 Å². The van der Waals surface area contributed by atoms with Crippen LogP contribution in [0.5, 0.6) is 0 Å². The maximum Gasteiger partial charge on any atom is 0.141 e. The molecular formula is C12H14Cl2FN. The smallest absolute Gasteiger partial charge is 0.141 e. The first-order valence-electron chi connectivity index (χ1n) is 5.26. The van der Waals surface area contributed by atoms with Crippen molar-refractivity contribution in [2.45, 2.75) is 11.8 Å². The van der Waals surface area contributed by atoms with Gasteiger partial charge in [0, 0.05) is 18.5 Å². The number of piperidine rings is 1. The lowest BCUT2D eigenvalue weighted by molar-refractivity contribution is 0.363. The van der Waals surface area contributed by atoms with Crippen LogP contribution in [-0.2, 0) is 5.41 Å². The molecule has 4 heteroatoms. The highest BCUT2D eigenvalue weighted by Gasteiger charge is 2.59. The maximum atomic E-state index is 13.1. The Morgan fingerprint density at radius 3 is 2.81 bits per heavy atom. The van der Waals surface area contributed by atoms with E-state index in [1.165, 1.54) is 18.1 Å². The van der Waals surface area contributed by atoms with E-state index in [2.05, 4.69) is 11.9 Å². The molecule has 0 aromatic heterocycles. The van der Waals surface area contributed by atoms with Crippen molar-refractivity contribution < 1.29 is 4.39 Å². The first-order chi connectivity index (χ1) is 7.12. The first-order valence-corrected chi connectivity index (χ1v) is 5.64. The van der Waals surface area contributed by atoms with Crippen molar-refractivity contribution in [1.29, 1.82) is 0 Å². The van der Waals surface area contributed by atoms with E-state index in [1.807, 2.05) is 6.07 Å². The quantitative estimate of drug-likeness (QED) is 0.751. The predicted molar refractivity (Wildman–Crippen MR) is 65.9 cm³/mol. The Morgan fingerprint density at radius 2 is 2.25 bits per heavy atom. The Balaban J connectivity index is 0.000000963. The Morgan fingerprint density at radius 1 is 1.50 bits per heavy atom. The van der Waals surface area contributed by atoms with Crippen LogP contribution in [0.3, 0.4) is 0 Å². The van der Waals surface area contributed by atoms with Gasteiger partial charge in [0.1, 0.15) is 5.82 Å². The Labute approximate surface area is 106 Å². The number of halogens is 3. The van der Waals surface area contributed by atoms with Crippen molar-refractivity contribution in [2.24, 2.45) is 5.92 Å². The summed E-state index contributed by atoms with van der Waals surface area (Å²) in [6.07, 6.45) is 1.24. The van der Waals surface area contributed by atoms with Gasteiger partial charge >= 0.3 is 0 Å². The second kappa shape index (κ2) is 3.86. The fourth-order valence-corrected chi connectivity index (χ4v) is 3.17. The first kappa shape index (κ1) is 12.2. The summed E-state index contributed by atoms with van der Waals surface area (Å²) >= 11 is 5.82. The molecule has 0 amide bonds. The molecule has 3 rings (SSSR count). The second-order valence-electron chi connectivity index (χ2n) is 4.88. The number of rotatable bonds is 1. The van der Waals surface area contributed by atoms with E-state index >= 15 is 0 Å². The molecule has 1 aromatic rings. The van der Waals surface area contributed by atoms with Gasteiger partial charge in [0.25, 0.3) is 0 Å². The van der Waals surface area contributed by atoms with Gasteiger partial charge in [-0.2, -0.15) is 0 Å². The predicted octanol–water partition coefficient (Wildman–Crippen LogP) is 3.10. The minimum atomic E-state index is -0.319. The summed E-state index contributed by atoms with van der Waals surface area (Å²) in [7, 11) is 2.14. The summed E-state index contributed by atoms with van der Waals surface area (Å²) in [6, 6.07) is 5.18. The number of fused-ring (bicyclic) bond motifs is 1. The second-order valence-corrected chi connectivity index (χ2v) is 5.29. The van der Waals surface area contributed by atoms with Crippen LogP contribution in [0.4, 0.5) is 4.39 Å². The molecule has 2 atom stereocenters. The lowest BCUT2D eigenvalue weighted by Crippen LogP contribution is -2.22. The summed E-state index contributed by atoms with van der Waals surface area (Å²) in [5.41, 5.74) is 1.50. The van der Waals surface area contributed by atoms with E-state index in [-0.39, 0.29) is 28.7 Å². The number of benzene rings is 1. The zero-order valence-corrected chi connectivity index (χ0v) is 10.6. The molecule has 0 N–H and O–H groups in total. The molecule has 1 heterocycles. The third kappa shape index (κ3) is 1.64. The highest BCUT2D eigenvalue weighted by Crippen LogP contribution is 2.58. The molecule has 0 bridgehead atoms. The molecule has 0 radical (unpaired) electrons. The zero-order chi connectivity index (χ0) is 10.6. The minimum absolute atomic E-state index is 0. The average molecular weight is 262 g/mol. The number of hydrogen-bond acceptors (Lipinski definition) is 1. The van der Waals surface area contributed by atoms with Crippen molar-refractivity contribution in [3.63, 3.8) is 0 Å². The molecule has 1 aromatic carbocycles. The molecule has 1 nitrogen and oxygen atoms in total. The van der Waals surface area contributed by atoms with E-state index in [0.29, 0.717) is 0 Å². The van der Waals surface area contributed by atoms with E-state index in [9.17, 15) is 4.39 Å². The van der Waals surface area contributed by atoms with E-state index in [1.54, 1.807) is 6.07 Å². The molecule has 88 valence electrons. The van der Waals surface area contributed by atoms with Crippen LogP contribution in [0.15, 0.2) is 18.2 Å². The SMILES string of the molecule is CN1C[C@@H]2C[C@]2(c2ccc(F)c(Cl)c2)C1.Cl. The molecule has 1 saturated heterocycles.